The molecule has 0 aromatic carbocycles. The zero-order chi connectivity index (χ0) is 13.5. The van der Waals surface area contributed by atoms with Gasteiger partial charge in [0.05, 0.1) is 12.4 Å². The summed E-state index contributed by atoms with van der Waals surface area (Å²) >= 11 is 0. The lowest BCUT2D eigenvalue weighted by Crippen LogP contribution is -2.18. The minimum atomic E-state index is -3.14. The number of aromatic nitrogens is 3. The van der Waals surface area contributed by atoms with Crippen molar-refractivity contribution in [3.8, 4) is 0 Å². The molecule has 19 heavy (non-hydrogen) atoms. The fraction of sp³-hybridized carbons (Fsp3) is 0.500. The fourth-order valence-electron chi connectivity index (χ4n) is 2.62. The van der Waals surface area contributed by atoms with Crippen LogP contribution in [0.2, 0.25) is 0 Å². The number of hydrogen-bond acceptors (Lipinski definition) is 5. The average Bonchev–Trinajstić information content (AvgIpc) is 2.89. The normalized spacial score (nSPS) is 22.1. The van der Waals surface area contributed by atoms with E-state index >= 15 is 0 Å². The Morgan fingerprint density at radius 3 is 3.00 bits per heavy atom. The van der Waals surface area contributed by atoms with Crippen LogP contribution in [0.15, 0.2) is 18.3 Å². The third kappa shape index (κ3) is 2.02. The number of aliphatic hydroxyl groups excluding tert-OH is 1. The minimum Gasteiger partial charge on any atom is -0.396 e. The van der Waals surface area contributed by atoms with Gasteiger partial charge in [0.1, 0.15) is 16.7 Å². The van der Waals surface area contributed by atoms with E-state index < -0.39 is 15.2 Å². The zero-order valence-electron chi connectivity index (χ0n) is 10.4. The van der Waals surface area contributed by atoms with Crippen LogP contribution in [0.5, 0.6) is 0 Å². The molecule has 0 aliphatic carbocycles. The molecule has 2 aromatic rings. The summed E-state index contributed by atoms with van der Waals surface area (Å²) in [5.41, 5.74) is 1.26. The molecule has 7 heteroatoms. The fourth-order valence-corrected chi connectivity index (χ4v) is 4.53. The molecule has 1 aliphatic heterocycles. The highest BCUT2D eigenvalue weighted by atomic mass is 32.2. The van der Waals surface area contributed by atoms with E-state index in [0.29, 0.717) is 36.3 Å². The second-order valence-electron chi connectivity index (χ2n) is 4.68. The lowest BCUT2D eigenvalue weighted by Gasteiger charge is -2.14. The van der Waals surface area contributed by atoms with Gasteiger partial charge in [-0.05, 0) is 25.0 Å². The van der Waals surface area contributed by atoms with E-state index in [9.17, 15) is 8.42 Å². The van der Waals surface area contributed by atoms with Crippen LogP contribution >= 0.6 is 0 Å². The molecule has 1 aliphatic rings. The largest absolute Gasteiger partial charge is 0.396 e. The number of fused-ring (bicyclic) bond motifs is 1. The van der Waals surface area contributed by atoms with Gasteiger partial charge in [0.2, 0.25) is 0 Å². The summed E-state index contributed by atoms with van der Waals surface area (Å²) in [7, 11) is -3.14. The van der Waals surface area contributed by atoms with E-state index in [-0.39, 0.29) is 12.4 Å². The van der Waals surface area contributed by atoms with Crippen LogP contribution in [0, 0.1) is 0 Å². The summed E-state index contributed by atoms with van der Waals surface area (Å²) < 4.78 is 25.9. The summed E-state index contributed by atoms with van der Waals surface area (Å²) in [5, 5.41) is 8.53. The third-order valence-corrected chi connectivity index (χ3v) is 5.57. The van der Waals surface area contributed by atoms with Gasteiger partial charge in [-0.25, -0.2) is 18.4 Å². The highest BCUT2D eigenvalue weighted by molar-refractivity contribution is 7.91. The number of hydrogen-bond donors (Lipinski definition) is 1. The second-order valence-corrected chi connectivity index (χ2v) is 6.96. The molecule has 1 atom stereocenters. The Morgan fingerprint density at radius 1 is 1.47 bits per heavy atom. The van der Waals surface area contributed by atoms with Crippen LogP contribution in [-0.4, -0.2) is 40.4 Å². The van der Waals surface area contributed by atoms with Crippen LogP contribution in [0.25, 0.3) is 11.2 Å². The van der Waals surface area contributed by atoms with Gasteiger partial charge < -0.3 is 5.11 Å². The van der Waals surface area contributed by atoms with Crippen molar-refractivity contribution in [3.05, 3.63) is 24.2 Å². The topological polar surface area (TPSA) is 85.1 Å². The Morgan fingerprint density at radius 2 is 2.32 bits per heavy atom. The Labute approximate surface area is 111 Å². The molecule has 0 saturated carbocycles. The van der Waals surface area contributed by atoms with Crippen molar-refractivity contribution < 1.29 is 13.5 Å². The second kappa shape index (κ2) is 4.57. The molecule has 1 unspecified atom stereocenters. The molecule has 1 fully saturated rings. The van der Waals surface area contributed by atoms with Crippen LogP contribution < -0.4 is 0 Å². The Hall–Kier alpha value is -1.47. The number of imidazole rings is 1. The van der Waals surface area contributed by atoms with Gasteiger partial charge in [0.25, 0.3) is 0 Å². The van der Waals surface area contributed by atoms with Gasteiger partial charge in [0.15, 0.2) is 15.5 Å². The highest BCUT2D eigenvalue weighted by Crippen LogP contribution is 2.33. The quantitative estimate of drug-likeness (QED) is 0.894. The maximum absolute atomic E-state index is 12.1. The van der Waals surface area contributed by atoms with Gasteiger partial charge in [-0.3, -0.25) is 4.57 Å². The Kier molecular flexibility index (Phi) is 3.02. The molecule has 0 spiro atoms. The number of sulfone groups is 1. The number of nitrogens with zero attached hydrogens (tertiary/aromatic N) is 3. The van der Waals surface area contributed by atoms with E-state index in [1.165, 1.54) is 0 Å². The lowest BCUT2D eigenvalue weighted by molar-refractivity contribution is 0.294. The predicted molar refractivity (Wildman–Crippen MR) is 70.4 cm³/mol. The average molecular weight is 281 g/mol. The van der Waals surface area contributed by atoms with E-state index in [0.717, 1.165) is 0 Å². The Bertz CT molecular complexity index is 708. The smallest absolute Gasteiger partial charge is 0.171 e. The summed E-state index contributed by atoms with van der Waals surface area (Å²) in [6.07, 6.45) is 3.22. The molecule has 0 radical (unpaired) electrons. The first-order valence-electron chi connectivity index (χ1n) is 6.28. The summed E-state index contributed by atoms with van der Waals surface area (Å²) in [5.74, 6) is 0.801. The molecule has 102 valence electrons. The summed E-state index contributed by atoms with van der Waals surface area (Å²) in [6, 6.07) is 3.58. The van der Waals surface area contributed by atoms with Gasteiger partial charge in [0, 0.05) is 12.6 Å². The van der Waals surface area contributed by atoms with Crippen LogP contribution in [0.1, 0.15) is 24.0 Å². The first kappa shape index (κ1) is 12.6. The van der Waals surface area contributed by atoms with Crippen molar-refractivity contribution in [1.29, 1.82) is 0 Å². The maximum atomic E-state index is 12.1. The molecular weight excluding hydrogens is 266 g/mol. The maximum Gasteiger partial charge on any atom is 0.171 e. The minimum absolute atomic E-state index is 0.0594. The van der Waals surface area contributed by atoms with Crippen molar-refractivity contribution in [1.82, 2.24) is 14.5 Å². The van der Waals surface area contributed by atoms with Crippen molar-refractivity contribution in [2.75, 3.05) is 12.4 Å². The third-order valence-electron chi connectivity index (χ3n) is 3.44. The number of pyridine rings is 1. The molecule has 1 saturated heterocycles. The van der Waals surface area contributed by atoms with E-state index in [2.05, 4.69) is 9.97 Å². The molecule has 3 rings (SSSR count). The van der Waals surface area contributed by atoms with E-state index in [1.807, 2.05) is 0 Å². The zero-order valence-corrected chi connectivity index (χ0v) is 11.2. The van der Waals surface area contributed by atoms with Crippen molar-refractivity contribution >= 4 is 21.0 Å². The van der Waals surface area contributed by atoms with Crippen LogP contribution in [0.3, 0.4) is 0 Å². The van der Waals surface area contributed by atoms with E-state index in [1.54, 1.807) is 22.9 Å². The molecule has 1 N–H and O–H groups in total. The van der Waals surface area contributed by atoms with Crippen LogP contribution in [-0.2, 0) is 16.3 Å². The number of rotatable bonds is 3. The molecule has 2 aromatic heterocycles. The first-order valence-corrected chi connectivity index (χ1v) is 7.99. The standard InChI is InChI=1S/C12H15N3O3S/c16-7-5-10-14-9-3-1-6-13-12(9)15(10)11-4-2-8-19(11,17)18/h1,3,6,11,16H,2,4-5,7-8H2. The highest BCUT2D eigenvalue weighted by Gasteiger charge is 2.35. The molecular formula is C12H15N3O3S. The van der Waals surface area contributed by atoms with Crippen molar-refractivity contribution in [3.63, 3.8) is 0 Å². The molecule has 0 bridgehead atoms. The number of aliphatic hydroxyl groups is 1. The van der Waals surface area contributed by atoms with Crippen molar-refractivity contribution in [2.24, 2.45) is 0 Å². The molecule has 3 heterocycles. The molecule has 6 nitrogen and oxygen atoms in total. The van der Waals surface area contributed by atoms with Crippen molar-refractivity contribution in [2.45, 2.75) is 24.6 Å². The SMILES string of the molecule is O=S1(=O)CCCC1n1c(CCO)nc2cccnc21. The van der Waals surface area contributed by atoms with Gasteiger partial charge in [-0.1, -0.05) is 0 Å². The summed E-state index contributed by atoms with van der Waals surface area (Å²) in [4.78, 5) is 8.64. The van der Waals surface area contributed by atoms with Gasteiger partial charge >= 0.3 is 0 Å². The monoisotopic (exact) mass is 281 g/mol. The predicted octanol–water partition coefficient (Wildman–Crippen LogP) is 0.673. The lowest BCUT2D eigenvalue weighted by atomic mass is 10.3. The first-order chi connectivity index (χ1) is 9.13. The van der Waals surface area contributed by atoms with Crippen LogP contribution in [0.4, 0.5) is 0 Å². The summed E-state index contributed by atoms with van der Waals surface area (Å²) in [6.45, 7) is -0.0594. The molecule has 0 amide bonds. The van der Waals surface area contributed by atoms with Gasteiger partial charge in [-0.2, -0.15) is 0 Å². The van der Waals surface area contributed by atoms with E-state index in [4.69, 9.17) is 5.11 Å². The Balaban J connectivity index is 2.23. The van der Waals surface area contributed by atoms with Gasteiger partial charge in [-0.15, -0.1) is 0 Å².